The van der Waals surface area contributed by atoms with Crippen LogP contribution in [0.2, 0.25) is 0 Å². The predicted octanol–water partition coefficient (Wildman–Crippen LogP) is 1.98. The summed E-state index contributed by atoms with van der Waals surface area (Å²) in [6.07, 6.45) is 10.7. The molecule has 3 N–H and O–H groups in total. The molecule has 4 nitrogen and oxygen atoms in total. The Hall–Kier alpha value is -0.870. The Morgan fingerprint density at radius 3 is 3.00 bits per heavy atom. The van der Waals surface area contributed by atoms with E-state index in [2.05, 4.69) is 27.8 Å². The van der Waals surface area contributed by atoms with Crippen molar-refractivity contribution in [3.63, 3.8) is 0 Å². The molecular formula is C14H24N4. The van der Waals surface area contributed by atoms with E-state index >= 15 is 0 Å². The standard InChI is InChI=1S/C14H24N4/c1-10(11-8-16-17-9-11)18-14-5-2-4-12(14)13-6-3-7-15-13/h8-10,12-15,18H,2-7H2,1H3,(H,16,17). The molecular weight excluding hydrogens is 224 g/mol. The third-order valence-electron chi connectivity index (χ3n) is 4.67. The lowest BCUT2D eigenvalue weighted by atomic mass is 9.92. The van der Waals surface area contributed by atoms with E-state index in [0.29, 0.717) is 12.1 Å². The SMILES string of the molecule is CC(NC1CCCC1C1CCCN1)c1cn[nH]c1. The number of hydrogen-bond donors (Lipinski definition) is 3. The number of hydrogen-bond acceptors (Lipinski definition) is 3. The number of rotatable bonds is 4. The van der Waals surface area contributed by atoms with Crippen LogP contribution in [-0.2, 0) is 0 Å². The Balaban J connectivity index is 1.60. The molecule has 4 heteroatoms. The zero-order valence-electron chi connectivity index (χ0n) is 11.2. The average molecular weight is 248 g/mol. The number of H-pyrrole nitrogens is 1. The molecule has 0 aromatic carbocycles. The Morgan fingerprint density at radius 1 is 1.33 bits per heavy atom. The molecule has 1 aromatic rings. The van der Waals surface area contributed by atoms with Crippen LogP contribution < -0.4 is 10.6 Å². The molecule has 100 valence electrons. The van der Waals surface area contributed by atoms with Crippen molar-refractivity contribution in [3.8, 4) is 0 Å². The van der Waals surface area contributed by atoms with Crippen molar-refractivity contribution in [1.82, 2.24) is 20.8 Å². The first kappa shape index (κ1) is 12.2. The second-order valence-electron chi connectivity index (χ2n) is 5.82. The fraction of sp³-hybridized carbons (Fsp3) is 0.786. The molecule has 0 radical (unpaired) electrons. The van der Waals surface area contributed by atoms with E-state index in [4.69, 9.17) is 0 Å². The van der Waals surface area contributed by atoms with E-state index in [9.17, 15) is 0 Å². The van der Waals surface area contributed by atoms with Gasteiger partial charge in [-0.05, 0) is 45.1 Å². The van der Waals surface area contributed by atoms with Gasteiger partial charge in [-0.3, -0.25) is 5.10 Å². The second kappa shape index (κ2) is 5.41. The number of aromatic nitrogens is 2. The summed E-state index contributed by atoms with van der Waals surface area (Å²) < 4.78 is 0. The van der Waals surface area contributed by atoms with Crippen LogP contribution in [0.25, 0.3) is 0 Å². The van der Waals surface area contributed by atoms with Gasteiger partial charge < -0.3 is 10.6 Å². The summed E-state index contributed by atoms with van der Waals surface area (Å²) in [4.78, 5) is 0. The van der Waals surface area contributed by atoms with Crippen LogP contribution in [0.5, 0.6) is 0 Å². The summed E-state index contributed by atoms with van der Waals surface area (Å²) in [5, 5.41) is 14.4. The smallest absolute Gasteiger partial charge is 0.0534 e. The van der Waals surface area contributed by atoms with Crippen molar-refractivity contribution in [2.24, 2.45) is 5.92 Å². The van der Waals surface area contributed by atoms with Crippen molar-refractivity contribution >= 4 is 0 Å². The zero-order chi connectivity index (χ0) is 12.4. The van der Waals surface area contributed by atoms with Crippen molar-refractivity contribution in [2.45, 2.75) is 57.2 Å². The lowest BCUT2D eigenvalue weighted by molar-refractivity contribution is 0.303. The van der Waals surface area contributed by atoms with E-state index in [1.807, 2.05) is 12.4 Å². The van der Waals surface area contributed by atoms with Gasteiger partial charge in [0.1, 0.15) is 0 Å². The van der Waals surface area contributed by atoms with E-state index < -0.39 is 0 Å². The van der Waals surface area contributed by atoms with Crippen molar-refractivity contribution in [2.75, 3.05) is 6.54 Å². The maximum absolute atomic E-state index is 4.04. The number of aromatic amines is 1. The molecule has 18 heavy (non-hydrogen) atoms. The van der Waals surface area contributed by atoms with Gasteiger partial charge in [0.25, 0.3) is 0 Å². The molecule has 0 bridgehead atoms. The summed E-state index contributed by atoms with van der Waals surface area (Å²) in [5.41, 5.74) is 1.26. The molecule has 1 saturated heterocycles. The summed E-state index contributed by atoms with van der Waals surface area (Å²) in [5.74, 6) is 0.821. The van der Waals surface area contributed by atoms with E-state index in [1.54, 1.807) is 0 Å². The minimum atomic E-state index is 0.399. The molecule has 1 aliphatic heterocycles. The fourth-order valence-electron chi connectivity index (χ4n) is 3.67. The lowest BCUT2D eigenvalue weighted by Crippen LogP contribution is -2.42. The van der Waals surface area contributed by atoms with Gasteiger partial charge in [-0.1, -0.05) is 6.42 Å². The molecule has 2 heterocycles. The molecule has 3 rings (SSSR count). The summed E-state index contributed by atoms with van der Waals surface area (Å²) >= 11 is 0. The topological polar surface area (TPSA) is 52.7 Å². The van der Waals surface area contributed by atoms with Crippen LogP contribution in [0.3, 0.4) is 0 Å². The van der Waals surface area contributed by atoms with Gasteiger partial charge in [-0.15, -0.1) is 0 Å². The monoisotopic (exact) mass is 248 g/mol. The van der Waals surface area contributed by atoms with Gasteiger partial charge in [0.15, 0.2) is 0 Å². The van der Waals surface area contributed by atoms with E-state index in [0.717, 1.165) is 12.0 Å². The van der Waals surface area contributed by atoms with E-state index in [-0.39, 0.29) is 0 Å². The Kier molecular flexibility index (Phi) is 3.66. The first-order valence-electron chi connectivity index (χ1n) is 7.32. The Labute approximate surface area is 109 Å². The number of nitrogens with one attached hydrogen (secondary N) is 3. The van der Waals surface area contributed by atoms with Gasteiger partial charge in [-0.25, -0.2) is 0 Å². The lowest BCUT2D eigenvalue weighted by Gasteiger charge is -2.29. The van der Waals surface area contributed by atoms with Gasteiger partial charge in [-0.2, -0.15) is 5.10 Å². The van der Waals surface area contributed by atoms with Crippen LogP contribution in [0.15, 0.2) is 12.4 Å². The van der Waals surface area contributed by atoms with Crippen LogP contribution in [0.1, 0.15) is 50.6 Å². The van der Waals surface area contributed by atoms with Crippen LogP contribution in [0, 0.1) is 5.92 Å². The molecule has 1 saturated carbocycles. The normalized spacial score (nSPS) is 33.9. The minimum Gasteiger partial charge on any atom is -0.314 e. The molecule has 2 aliphatic rings. The van der Waals surface area contributed by atoms with Crippen LogP contribution in [0.4, 0.5) is 0 Å². The third-order valence-corrected chi connectivity index (χ3v) is 4.67. The largest absolute Gasteiger partial charge is 0.314 e. The predicted molar refractivity (Wildman–Crippen MR) is 72.3 cm³/mol. The van der Waals surface area contributed by atoms with Crippen LogP contribution in [-0.4, -0.2) is 28.8 Å². The average Bonchev–Trinajstić information content (AvgIpc) is 3.11. The highest BCUT2D eigenvalue weighted by Crippen LogP contribution is 2.33. The fourth-order valence-corrected chi connectivity index (χ4v) is 3.67. The zero-order valence-corrected chi connectivity index (χ0v) is 11.2. The van der Waals surface area contributed by atoms with Crippen molar-refractivity contribution in [1.29, 1.82) is 0 Å². The maximum atomic E-state index is 4.04. The molecule has 0 spiro atoms. The maximum Gasteiger partial charge on any atom is 0.0534 e. The summed E-state index contributed by atoms with van der Waals surface area (Å²) in [6.45, 7) is 3.45. The molecule has 1 aliphatic carbocycles. The Bertz CT molecular complexity index is 356. The number of nitrogens with zero attached hydrogens (tertiary/aromatic N) is 1. The van der Waals surface area contributed by atoms with Crippen molar-refractivity contribution in [3.05, 3.63) is 18.0 Å². The Morgan fingerprint density at radius 2 is 2.28 bits per heavy atom. The van der Waals surface area contributed by atoms with Gasteiger partial charge >= 0.3 is 0 Å². The quantitative estimate of drug-likeness (QED) is 0.763. The molecule has 2 fully saturated rings. The molecule has 4 atom stereocenters. The minimum absolute atomic E-state index is 0.399. The molecule has 4 unspecified atom stereocenters. The van der Waals surface area contributed by atoms with Gasteiger partial charge in [0.05, 0.1) is 6.20 Å². The highest BCUT2D eigenvalue weighted by atomic mass is 15.1. The van der Waals surface area contributed by atoms with Gasteiger partial charge in [0.2, 0.25) is 0 Å². The van der Waals surface area contributed by atoms with Gasteiger partial charge in [0, 0.05) is 29.9 Å². The highest BCUT2D eigenvalue weighted by molar-refractivity contribution is 5.09. The first-order valence-corrected chi connectivity index (χ1v) is 7.32. The van der Waals surface area contributed by atoms with E-state index in [1.165, 1.54) is 44.2 Å². The third kappa shape index (κ3) is 2.45. The summed E-state index contributed by atoms with van der Waals surface area (Å²) in [6, 6.07) is 1.82. The summed E-state index contributed by atoms with van der Waals surface area (Å²) in [7, 11) is 0. The highest BCUT2D eigenvalue weighted by Gasteiger charge is 2.35. The molecule has 1 aromatic heterocycles. The molecule has 0 amide bonds. The van der Waals surface area contributed by atoms with Crippen LogP contribution >= 0.6 is 0 Å². The van der Waals surface area contributed by atoms with Crippen molar-refractivity contribution < 1.29 is 0 Å². The second-order valence-corrected chi connectivity index (χ2v) is 5.82. The first-order chi connectivity index (χ1) is 8.84.